The van der Waals surface area contributed by atoms with Crippen molar-refractivity contribution < 1.29 is 9.90 Å². The molecule has 0 aromatic carbocycles. The van der Waals surface area contributed by atoms with Gasteiger partial charge in [-0.1, -0.05) is 0 Å². The summed E-state index contributed by atoms with van der Waals surface area (Å²) in [6.45, 7) is 1.51. The Morgan fingerprint density at radius 2 is 2.50 bits per heavy atom. The van der Waals surface area contributed by atoms with Crippen molar-refractivity contribution in [2.24, 2.45) is 0 Å². The summed E-state index contributed by atoms with van der Waals surface area (Å²) in [5.41, 5.74) is 0. The van der Waals surface area contributed by atoms with Gasteiger partial charge < -0.3 is 10.4 Å². The third kappa shape index (κ3) is 2.19. The van der Waals surface area contributed by atoms with Gasteiger partial charge >= 0.3 is 0 Å². The number of likely N-dealkylation sites (N-methyl/N-ethyl adjacent to an activating group) is 1. The molecule has 0 radical (unpaired) electrons. The highest BCUT2D eigenvalue weighted by Crippen LogP contribution is 2.15. The summed E-state index contributed by atoms with van der Waals surface area (Å²) >= 11 is 0. The quantitative estimate of drug-likeness (QED) is 0.585. The standard InChI is InChI=1S/C8H16N2O2/c1-9-8(12)5-10-4-2-3-7(10)6-11/h7,11H,2-6H2,1H3,(H,9,12). The normalized spacial score (nSPS) is 24.3. The van der Waals surface area contributed by atoms with Crippen molar-refractivity contribution in [3.8, 4) is 0 Å². The summed E-state index contributed by atoms with van der Waals surface area (Å²) in [7, 11) is 1.63. The molecule has 1 aliphatic heterocycles. The molecule has 1 amide bonds. The average Bonchev–Trinajstić information content (AvgIpc) is 2.51. The molecular weight excluding hydrogens is 156 g/mol. The van der Waals surface area contributed by atoms with Crippen LogP contribution in [-0.2, 0) is 4.79 Å². The van der Waals surface area contributed by atoms with Crippen molar-refractivity contribution >= 4 is 5.91 Å². The van der Waals surface area contributed by atoms with E-state index in [-0.39, 0.29) is 18.6 Å². The average molecular weight is 172 g/mol. The number of nitrogens with zero attached hydrogens (tertiary/aromatic N) is 1. The second-order valence-electron chi connectivity index (χ2n) is 3.12. The number of amides is 1. The van der Waals surface area contributed by atoms with Crippen LogP contribution in [-0.4, -0.2) is 48.7 Å². The smallest absolute Gasteiger partial charge is 0.233 e. The van der Waals surface area contributed by atoms with Gasteiger partial charge in [-0.2, -0.15) is 0 Å². The minimum absolute atomic E-state index is 0.0235. The van der Waals surface area contributed by atoms with Crippen molar-refractivity contribution in [3.05, 3.63) is 0 Å². The van der Waals surface area contributed by atoms with E-state index in [9.17, 15) is 4.79 Å². The van der Waals surface area contributed by atoms with Crippen molar-refractivity contribution in [2.75, 3.05) is 26.7 Å². The Balaban J connectivity index is 2.35. The Hall–Kier alpha value is -0.610. The summed E-state index contributed by atoms with van der Waals surface area (Å²) < 4.78 is 0. The number of rotatable bonds is 3. The zero-order valence-electron chi connectivity index (χ0n) is 7.42. The predicted molar refractivity (Wildman–Crippen MR) is 45.7 cm³/mol. The number of hydrogen-bond donors (Lipinski definition) is 2. The number of carbonyl (C=O) groups is 1. The van der Waals surface area contributed by atoms with Crippen molar-refractivity contribution in [3.63, 3.8) is 0 Å². The largest absolute Gasteiger partial charge is 0.395 e. The van der Waals surface area contributed by atoms with Crippen LogP contribution in [0.25, 0.3) is 0 Å². The second kappa shape index (κ2) is 4.42. The van der Waals surface area contributed by atoms with E-state index < -0.39 is 0 Å². The summed E-state index contributed by atoms with van der Waals surface area (Å²) in [4.78, 5) is 13.0. The van der Waals surface area contributed by atoms with E-state index in [0.717, 1.165) is 19.4 Å². The number of carbonyl (C=O) groups excluding carboxylic acids is 1. The van der Waals surface area contributed by atoms with Crippen LogP contribution < -0.4 is 5.32 Å². The highest BCUT2D eigenvalue weighted by molar-refractivity contribution is 5.77. The predicted octanol–water partition coefficient (Wildman–Crippen LogP) is -0.811. The monoisotopic (exact) mass is 172 g/mol. The molecule has 0 aromatic rings. The summed E-state index contributed by atoms with van der Waals surface area (Å²) in [6, 6.07) is 0.197. The first-order valence-electron chi connectivity index (χ1n) is 4.33. The topological polar surface area (TPSA) is 52.6 Å². The first-order chi connectivity index (χ1) is 5.77. The molecule has 1 heterocycles. The zero-order valence-corrected chi connectivity index (χ0v) is 7.42. The Morgan fingerprint density at radius 3 is 3.08 bits per heavy atom. The molecule has 0 aliphatic carbocycles. The third-order valence-corrected chi connectivity index (χ3v) is 2.34. The van der Waals surface area contributed by atoms with Gasteiger partial charge in [-0.15, -0.1) is 0 Å². The fourth-order valence-corrected chi connectivity index (χ4v) is 1.57. The van der Waals surface area contributed by atoms with Crippen LogP contribution in [0.15, 0.2) is 0 Å². The van der Waals surface area contributed by atoms with Crippen molar-refractivity contribution in [1.82, 2.24) is 10.2 Å². The van der Waals surface area contributed by atoms with E-state index >= 15 is 0 Å². The first kappa shape index (κ1) is 9.48. The SMILES string of the molecule is CNC(=O)CN1CCCC1CO. The van der Waals surface area contributed by atoms with Crippen molar-refractivity contribution in [1.29, 1.82) is 0 Å². The molecule has 1 unspecified atom stereocenters. The fraction of sp³-hybridized carbons (Fsp3) is 0.875. The number of aliphatic hydroxyl groups excluding tert-OH is 1. The van der Waals surface area contributed by atoms with Crippen LogP contribution in [0.5, 0.6) is 0 Å². The number of nitrogens with one attached hydrogen (secondary N) is 1. The molecule has 70 valence electrons. The molecule has 1 rings (SSSR count). The van der Waals surface area contributed by atoms with E-state index in [1.165, 1.54) is 0 Å². The van der Waals surface area contributed by atoms with Crippen molar-refractivity contribution in [2.45, 2.75) is 18.9 Å². The fourth-order valence-electron chi connectivity index (χ4n) is 1.57. The molecule has 4 heteroatoms. The van der Waals surface area contributed by atoms with Crippen LogP contribution in [0.4, 0.5) is 0 Å². The highest BCUT2D eigenvalue weighted by atomic mass is 16.3. The Labute approximate surface area is 72.6 Å². The molecule has 0 spiro atoms. The van der Waals surface area contributed by atoms with Gasteiger partial charge in [0.2, 0.25) is 5.91 Å². The lowest BCUT2D eigenvalue weighted by Crippen LogP contribution is -2.40. The van der Waals surface area contributed by atoms with Gasteiger partial charge in [0.1, 0.15) is 0 Å². The van der Waals surface area contributed by atoms with Crippen LogP contribution in [0.2, 0.25) is 0 Å². The molecule has 12 heavy (non-hydrogen) atoms. The Kier molecular flexibility index (Phi) is 3.49. The Morgan fingerprint density at radius 1 is 1.75 bits per heavy atom. The summed E-state index contributed by atoms with van der Waals surface area (Å²) in [5, 5.41) is 11.5. The second-order valence-corrected chi connectivity index (χ2v) is 3.12. The molecular formula is C8H16N2O2. The summed E-state index contributed by atoms with van der Waals surface area (Å²) in [6.07, 6.45) is 2.09. The van der Waals surface area contributed by atoms with E-state index in [4.69, 9.17) is 5.11 Å². The summed E-state index contributed by atoms with van der Waals surface area (Å²) in [5.74, 6) is 0.0235. The van der Waals surface area contributed by atoms with E-state index in [0.29, 0.717) is 6.54 Å². The molecule has 1 aliphatic rings. The minimum Gasteiger partial charge on any atom is -0.395 e. The lowest BCUT2D eigenvalue weighted by Gasteiger charge is -2.21. The number of hydrogen-bond acceptors (Lipinski definition) is 3. The van der Waals surface area contributed by atoms with E-state index in [1.54, 1.807) is 7.05 Å². The zero-order chi connectivity index (χ0) is 8.97. The maximum absolute atomic E-state index is 11.0. The molecule has 1 saturated heterocycles. The number of aliphatic hydroxyl groups is 1. The first-order valence-corrected chi connectivity index (χ1v) is 4.33. The molecule has 0 aromatic heterocycles. The van der Waals surface area contributed by atoms with Gasteiger partial charge in [0.15, 0.2) is 0 Å². The maximum Gasteiger partial charge on any atom is 0.233 e. The van der Waals surface area contributed by atoms with Gasteiger partial charge in [0, 0.05) is 13.1 Å². The lowest BCUT2D eigenvalue weighted by atomic mass is 10.2. The highest BCUT2D eigenvalue weighted by Gasteiger charge is 2.24. The van der Waals surface area contributed by atoms with E-state index in [2.05, 4.69) is 5.32 Å². The number of likely N-dealkylation sites (tertiary alicyclic amines) is 1. The molecule has 2 N–H and O–H groups in total. The molecule has 0 bridgehead atoms. The maximum atomic E-state index is 11.0. The van der Waals surface area contributed by atoms with Crippen LogP contribution in [0.3, 0.4) is 0 Å². The molecule has 1 atom stereocenters. The van der Waals surface area contributed by atoms with Gasteiger partial charge in [0.25, 0.3) is 0 Å². The van der Waals surface area contributed by atoms with Gasteiger partial charge in [-0.05, 0) is 19.4 Å². The van der Waals surface area contributed by atoms with Crippen LogP contribution in [0, 0.1) is 0 Å². The molecule has 1 fully saturated rings. The third-order valence-electron chi connectivity index (χ3n) is 2.34. The molecule has 0 saturated carbocycles. The van der Waals surface area contributed by atoms with Gasteiger partial charge in [-0.25, -0.2) is 0 Å². The minimum atomic E-state index is 0.0235. The molecule has 4 nitrogen and oxygen atoms in total. The van der Waals surface area contributed by atoms with Crippen LogP contribution in [0.1, 0.15) is 12.8 Å². The lowest BCUT2D eigenvalue weighted by molar-refractivity contribution is -0.122. The van der Waals surface area contributed by atoms with Crippen LogP contribution >= 0.6 is 0 Å². The van der Waals surface area contributed by atoms with E-state index in [1.807, 2.05) is 4.90 Å². The van der Waals surface area contributed by atoms with Gasteiger partial charge in [-0.3, -0.25) is 9.69 Å². The Bertz CT molecular complexity index is 161. The van der Waals surface area contributed by atoms with Gasteiger partial charge in [0.05, 0.1) is 13.2 Å².